The Labute approximate surface area is 162 Å². The van der Waals surface area contributed by atoms with E-state index in [9.17, 15) is 14.0 Å². The van der Waals surface area contributed by atoms with Gasteiger partial charge in [-0.25, -0.2) is 14.5 Å². The summed E-state index contributed by atoms with van der Waals surface area (Å²) in [7, 11) is 0. The van der Waals surface area contributed by atoms with Gasteiger partial charge in [-0.1, -0.05) is 12.1 Å². The normalized spacial score (nSPS) is 11.5. The molecule has 0 saturated heterocycles. The van der Waals surface area contributed by atoms with Crippen molar-refractivity contribution in [2.45, 2.75) is 13.8 Å². The van der Waals surface area contributed by atoms with Crippen molar-refractivity contribution >= 4 is 27.5 Å². The van der Waals surface area contributed by atoms with Crippen LogP contribution in [0.15, 0.2) is 62.9 Å². The number of hydrogen-bond acceptors (Lipinski definition) is 3. The summed E-state index contributed by atoms with van der Waals surface area (Å²) >= 11 is 3.31. The van der Waals surface area contributed by atoms with Crippen molar-refractivity contribution in [2.75, 3.05) is 0 Å². The van der Waals surface area contributed by atoms with Gasteiger partial charge in [-0.3, -0.25) is 14.7 Å². The van der Waals surface area contributed by atoms with Crippen molar-refractivity contribution in [3.8, 4) is 5.69 Å². The number of H-pyrrole nitrogens is 1. The van der Waals surface area contributed by atoms with Gasteiger partial charge in [-0.05, 0) is 66.2 Å². The third-order valence-electron chi connectivity index (χ3n) is 3.96. The molecule has 0 radical (unpaired) electrons. The van der Waals surface area contributed by atoms with E-state index in [1.54, 1.807) is 38.1 Å². The number of benzene rings is 2. The predicted molar refractivity (Wildman–Crippen MR) is 105 cm³/mol. The van der Waals surface area contributed by atoms with Crippen LogP contribution in [-0.2, 0) is 0 Å². The first-order valence-corrected chi connectivity index (χ1v) is 8.85. The summed E-state index contributed by atoms with van der Waals surface area (Å²) in [4.78, 5) is 25.0. The van der Waals surface area contributed by atoms with E-state index < -0.39 is 5.91 Å². The number of carbonyl (C=O) groups excluding carboxylic acids is 1. The van der Waals surface area contributed by atoms with Crippen LogP contribution in [0.3, 0.4) is 0 Å². The lowest BCUT2D eigenvalue weighted by atomic mass is 10.2. The average molecular weight is 431 g/mol. The number of carbonyl (C=O) groups is 1. The molecule has 6 nitrogen and oxygen atoms in total. The maximum absolute atomic E-state index is 13.1. The van der Waals surface area contributed by atoms with Crippen LogP contribution in [-0.4, -0.2) is 21.4 Å². The maximum atomic E-state index is 13.1. The van der Waals surface area contributed by atoms with Crippen molar-refractivity contribution in [1.29, 1.82) is 0 Å². The molecule has 1 aromatic heterocycles. The smallest absolute Gasteiger partial charge is 0.280 e. The monoisotopic (exact) mass is 430 g/mol. The molecule has 8 heteroatoms. The van der Waals surface area contributed by atoms with E-state index in [0.717, 1.165) is 0 Å². The number of hydrazone groups is 1. The van der Waals surface area contributed by atoms with Crippen LogP contribution in [0.4, 0.5) is 4.39 Å². The van der Waals surface area contributed by atoms with E-state index in [4.69, 9.17) is 0 Å². The fraction of sp³-hybridized carbons (Fsp3) is 0.105. The van der Waals surface area contributed by atoms with E-state index >= 15 is 0 Å². The summed E-state index contributed by atoms with van der Waals surface area (Å²) in [5, 5.41) is 7.00. The van der Waals surface area contributed by atoms with Gasteiger partial charge in [0.2, 0.25) is 0 Å². The van der Waals surface area contributed by atoms with Gasteiger partial charge in [0.25, 0.3) is 11.5 Å². The SMILES string of the molecule is CC(=NNC(=O)c1ccccc1Br)c1c(C)[nH]n(-c2ccc(F)cc2)c1=O. The molecule has 27 heavy (non-hydrogen) atoms. The van der Waals surface area contributed by atoms with Crippen LogP contribution < -0.4 is 11.0 Å². The average Bonchev–Trinajstić information content (AvgIpc) is 2.95. The molecule has 0 aliphatic heterocycles. The summed E-state index contributed by atoms with van der Waals surface area (Å²) in [6.07, 6.45) is 0. The molecular formula is C19H16BrFN4O2. The summed E-state index contributed by atoms with van der Waals surface area (Å²) in [6.45, 7) is 3.36. The zero-order valence-electron chi connectivity index (χ0n) is 14.6. The molecule has 1 amide bonds. The molecule has 2 N–H and O–H groups in total. The number of hydrogen-bond donors (Lipinski definition) is 2. The Kier molecular flexibility index (Phi) is 5.36. The molecule has 138 valence electrons. The van der Waals surface area contributed by atoms with Crippen LogP contribution in [0.25, 0.3) is 5.69 Å². The van der Waals surface area contributed by atoms with Crippen molar-refractivity contribution in [3.63, 3.8) is 0 Å². The van der Waals surface area contributed by atoms with E-state index in [1.165, 1.54) is 28.9 Å². The number of aromatic amines is 1. The first-order chi connectivity index (χ1) is 12.9. The minimum absolute atomic E-state index is 0.338. The van der Waals surface area contributed by atoms with Gasteiger partial charge in [0.1, 0.15) is 5.82 Å². The van der Waals surface area contributed by atoms with Crippen molar-refractivity contribution in [2.24, 2.45) is 5.10 Å². The second-order valence-electron chi connectivity index (χ2n) is 5.85. The third-order valence-corrected chi connectivity index (χ3v) is 4.65. The number of rotatable bonds is 4. The van der Waals surface area contributed by atoms with E-state index in [0.29, 0.717) is 32.7 Å². The molecule has 0 unspecified atom stereocenters. The van der Waals surface area contributed by atoms with Crippen LogP contribution in [0.1, 0.15) is 28.5 Å². The maximum Gasteiger partial charge on any atom is 0.280 e. The summed E-state index contributed by atoms with van der Waals surface area (Å²) in [5.41, 5.74) is 4.33. The molecule has 0 bridgehead atoms. The van der Waals surface area contributed by atoms with Crippen LogP contribution in [0, 0.1) is 12.7 Å². The molecule has 0 atom stereocenters. The largest absolute Gasteiger partial charge is 0.295 e. The van der Waals surface area contributed by atoms with E-state index in [2.05, 4.69) is 31.6 Å². The minimum atomic E-state index is -0.395. The number of halogens is 2. The number of amides is 1. The lowest BCUT2D eigenvalue weighted by Crippen LogP contribution is -2.23. The Morgan fingerprint density at radius 1 is 1.19 bits per heavy atom. The fourth-order valence-corrected chi connectivity index (χ4v) is 3.11. The van der Waals surface area contributed by atoms with Gasteiger partial charge >= 0.3 is 0 Å². The second-order valence-corrected chi connectivity index (χ2v) is 6.70. The first-order valence-electron chi connectivity index (χ1n) is 8.05. The highest BCUT2D eigenvalue weighted by atomic mass is 79.9. The van der Waals surface area contributed by atoms with Crippen LogP contribution >= 0.6 is 15.9 Å². The molecule has 2 aromatic carbocycles. The molecule has 0 saturated carbocycles. The summed E-state index contributed by atoms with van der Waals surface area (Å²) < 4.78 is 15.0. The zero-order chi connectivity index (χ0) is 19.6. The Balaban J connectivity index is 1.89. The Bertz CT molecular complexity index is 1080. The molecular weight excluding hydrogens is 415 g/mol. The predicted octanol–water partition coefficient (Wildman–Crippen LogP) is 3.53. The molecule has 3 aromatic rings. The van der Waals surface area contributed by atoms with Gasteiger partial charge in [-0.15, -0.1) is 0 Å². The van der Waals surface area contributed by atoms with Gasteiger partial charge in [0.05, 0.1) is 22.5 Å². The van der Waals surface area contributed by atoms with Gasteiger partial charge < -0.3 is 0 Å². The highest BCUT2D eigenvalue weighted by Gasteiger charge is 2.16. The molecule has 0 fully saturated rings. The number of aryl methyl sites for hydroxylation is 1. The van der Waals surface area contributed by atoms with E-state index in [1.807, 2.05) is 0 Å². The highest BCUT2D eigenvalue weighted by molar-refractivity contribution is 9.10. The number of nitrogens with zero attached hydrogens (tertiary/aromatic N) is 2. The van der Waals surface area contributed by atoms with Crippen LogP contribution in [0.5, 0.6) is 0 Å². The molecule has 0 aliphatic carbocycles. The first kappa shape index (κ1) is 18.8. The van der Waals surface area contributed by atoms with Crippen molar-refractivity contribution < 1.29 is 9.18 Å². The lowest BCUT2D eigenvalue weighted by molar-refractivity contribution is 0.0954. The molecule has 3 rings (SSSR count). The second kappa shape index (κ2) is 7.71. The van der Waals surface area contributed by atoms with Crippen molar-refractivity contribution in [3.05, 3.63) is 86.0 Å². The van der Waals surface area contributed by atoms with Gasteiger partial charge in [0.15, 0.2) is 0 Å². The zero-order valence-corrected chi connectivity index (χ0v) is 16.2. The molecule has 1 heterocycles. The Morgan fingerprint density at radius 3 is 2.52 bits per heavy atom. The summed E-state index contributed by atoms with van der Waals surface area (Å²) in [6, 6.07) is 12.5. The highest BCUT2D eigenvalue weighted by Crippen LogP contribution is 2.15. The lowest BCUT2D eigenvalue weighted by Gasteiger charge is -2.03. The fourth-order valence-electron chi connectivity index (χ4n) is 2.64. The Hall–Kier alpha value is -3.00. The number of nitrogens with one attached hydrogen (secondary N) is 2. The number of aromatic nitrogens is 2. The quantitative estimate of drug-likeness (QED) is 0.490. The van der Waals surface area contributed by atoms with Gasteiger partial charge in [0, 0.05) is 10.2 Å². The summed E-state index contributed by atoms with van der Waals surface area (Å²) in [5.74, 6) is -0.781. The topological polar surface area (TPSA) is 79.2 Å². The molecule has 0 aliphatic rings. The van der Waals surface area contributed by atoms with Gasteiger partial charge in [-0.2, -0.15) is 5.10 Å². The standard InChI is InChI=1S/C19H16BrFN4O2/c1-11(22-23-18(26)15-5-3-4-6-16(15)20)17-12(2)24-25(19(17)27)14-9-7-13(21)8-10-14/h3-10,24H,1-2H3,(H,23,26). The van der Waals surface area contributed by atoms with Crippen LogP contribution in [0.2, 0.25) is 0 Å². The van der Waals surface area contributed by atoms with E-state index in [-0.39, 0.29) is 11.4 Å². The minimum Gasteiger partial charge on any atom is -0.295 e. The third kappa shape index (κ3) is 3.90. The molecule has 0 spiro atoms. The Morgan fingerprint density at radius 2 is 1.85 bits per heavy atom. The van der Waals surface area contributed by atoms with Crippen molar-refractivity contribution in [1.82, 2.24) is 15.2 Å².